The van der Waals surface area contributed by atoms with E-state index in [9.17, 15) is 0 Å². The van der Waals surface area contributed by atoms with Crippen molar-refractivity contribution < 1.29 is 0 Å². The summed E-state index contributed by atoms with van der Waals surface area (Å²) < 4.78 is 1.94. The van der Waals surface area contributed by atoms with Crippen LogP contribution in [0.2, 0.25) is 5.02 Å². The Morgan fingerprint density at radius 3 is 3.06 bits per heavy atom. The summed E-state index contributed by atoms with van der Waals surface area (Å²) >= 11 is 6.07. The van der Waals surface area contributed by atoms with Gasteiger partial charge in [0.1, 0.15) is 5.82 Å². The number of aryl methyl sites for hydroxylation is 1. The lowest BCUT2D eigenvalue weighted by molar-refractivity contribution is 0.757. The molecule has 1 aromatic carbocycles. The lowest BCUT2D eigenvalue weighted by Gasteiger charge is -2.04. The molecule has 1 aliphatic rings. The van der Waals surface area contributed by atoms with Gasteiger partial charge < -0.3 is 5.32 Å². The van der Waals surface area contributed by atoms with E-state index in [0.29, 0.717) is 0 Å². The normalized spacial score (nSPS) is 14.8. The Bertz CT molecular complexity index is 574. The second kappa shape index (κ2) is 4.65. The number of nitrogens with zero attached hydrogens (tertiary/aromatic N) is 2. The highest BCUT2D eigenvalue weighted by Crippen LogP contribution is 2.32. The molecule has 1 N–H and O–H groups in total. The quantitative estimate of drug-likeness (QED) is 0.852. The molecule has 3 nitrogen and oxygen atoms in total. The van der Waals surface area contributed by atoms with Crippen molar-refractivity contribution in [1.82, 2.24) is 9.78 Å². The summed E-state index contributed by atoms with van der Waals surface area (Å²) in [5.74, 6) is 1.16. The number of halogens is 1. The van der Waals surface area contributed by atoms with Gasteiger partial charge in [-0.25, -0.2) is 0 Å². The molecule has 2 aromatic rings. The van der Waals surface area contributed by atoms with E-state index >= 15 is 0 Å². The molecule has 0 atom stereocenters. The highest BCUT2D eigenvalue weighted by molar-refractivity contribution is 6.30. The SMILES string of the molecule is Cn1nc(-c2cccc(Cl)c2)c2c1NCCCC2. The third-order valence-corrected chi connectivity index (χ3v) is 3.62. The smallest absolute Gasteiger partial charge is 0.127 e. The predicted molar refractivity (Wildman–Crippen MR) is 75.1 cm³/mol. The van der Waals surface area contributed by atoms with Crippen LogP contribution >= 0.6 is 11.6 Å². The van der Waals surface area contributed by atoms with Gasteiger partial charge in [-0.3, -0.25) is 4.68 Å². The van der Waals surface area contributed by atoms with Crippen LogP contribution in [0.25, 0.3) is 11.3 Å². The number of fused-ring (bicyclic) bond motifs is 1. The Labute approximate surface area is 112 Å². The van der Waals surface area contributed by atoms with Gasteiger partial charge in [-0.05, 0) is 31.4 Å². The zero-order valence-corrected chi connectivity index (χ0v) is 11.2. The maximum absolute atomic E-state index is 6.07. The first-order valence-corrected chi connectivity index (χ1v) is 6.69. The van der Waals surface area contributed by atoms with E-state index in [0.717, 1.165) is 35.1 Å². The van der Waals surface area contributed by atoms with Crippen LogP contribution in [0.5, 0.6) is 0 Å². The minimum absolute atomic E-state index is 0.758. The van der Waals surface area contributed by atoms with Gasteiger partial charge in [0.05, 0.1) is 5.69 Å². The van der Waals surface area contributed by atoms with E-state index in [1.54, 1.807) is 0 Å². The highest BCUT2D eigenvalue weighted by Gasteiger charge is 2.19. The van der Waals surface area contributed by atoms with Crippen molar-refractivity contribution in [2.24, 2.45) is 7.05 Å². The van der Waals surface area contributed by atoms with Gasteiger partial charge in [-0.1, -0.05) is 23.7 Å². The minimum atomic E-state index is 0.758. The van der Waals surface area contributed by atoms with Crippen LogP contribution in [0.1, 0.15) is 18.4 Å². The Morgan fingerprint density at radius 2 is 2.22 bits per heavy atom. The van der Waals surface area contributed by atoms with Crippen molar-refractivity contribution in [3.8, 4) is 11.3 Å². The second-order valence-electron chi connectivity index (χ2n) is 4.69. The Hall–Kier alpha value is -1.48. The minimum Gasteiger partial charge on any atom is -0.370 e. The van der Waals surface area contributed by atoms with Gasteiger partial charge in [-0.2, -0.15) is 5.10 Å². The first-order valence-electron chi connectivity index (χ1n) is 6.31. The van der Waals surface area contributed by atoms with Crippen molar-refractivity contribution in [3.05, 3.63) is 34.9 Å². The molecule has 0 radical (unpaired) electrons. The van der Waals surface area contributed by atoms with Crippen molar-refractivity contribution in [3.63, 3.8) is 0 Å². The number of aromatic nitrogens is 2. The van der Waals surface area contributed by atoms with Crippen molar-refractivity contribution >= 4 is 17.4 Å². The number of hydrogen-bond acceptors (Lipinski definition) is 2. The highest BCUT2D eigenvalue weighted by atomic mass is 35.5. The van der Waals surface area contributed by atoms with Crippen LogP contribution in [0.4, 0.5) is 5.82 Å². The molecular weight excluding hydrogens is 246 g/mol. The van der Waals surface area contributed by atoms with Crippen LogP contribution in [-0.2, 0) is 13.5 Å². The molecular formula is C14H16ClN3. The number of benzene rings is 1. The lowest BCUT2D eigenvalue weighted by atomic mass is 10.0. The van der Waals surface area contributed by atoms with E-state index < -0.39 is 0 Å². The van der Waals surface area contributed by atoms with E-state index in [-0.39, 0.29) is 0 Å². The third kappa shape index (κ3) is 1.99. The fourth-order valence-corrected chi connectivity index (χ4v) is 2.72. The van der Waals surface area contributed by atoms with E-state index in [2.05, 4.69) is 16.5 Å². The van der Waals surface area contributed by atoms with Gasteiger partial charge in [0, 0.05) is 29.7 Å². The number of nitrogens with one attached hydrogen (secondary N) is 1. The fraction of sp³-hybridized carbons (Fsp3) is 0.357. The maximum Gasteiger partial charge on any atom is 0.127 e. The Kier molecular flexibility index (Phi) is 3.00. The lowest BCUT2D eigenvalue weighted by Crippen LogP contribution is -2.04. The molecule has 0 spiro atoms. The van der Waals surface area contributed by atoms with Gasteiger partial charge >= 0.3 is 0 Å². The zero-order valence-electron chi connectivity index (χ0n) is 10.4. The van der Waals surface area contributed by atoms with Crippen molar-refractivity contribution in [1.29, 1.82) is 0 Å². The van der Waals surface area contributed by atoms with Crippen LogP contribution in [0, 0.1) is 0 Å². The molecule has 94 valence electrons. The molecule has 0 unspecified atom stereocenters. The van der Waals surface area contributed by atoms with Gasteiger partial charge in [-0.15, -0.1) is 0 Å². The van der Waals surface area contributed by atoms with Crippen LogP contribution < -0.4 is 5.32 Å². The van der Waals surface area contributed by atoms with Crippen LogP contribution in [0.3, 0.4) is 0 Å². The molecule has 0 aliphatic carbocycles. The zero-order chi connectivity index (χ0) is 12.5. The molecule has 0 saturated heterocycles. The fourth-order valence-electron chi connectivity index (χ4n) is 2.53. The molecule has 4 heteroatoms. The third-order valence-electron chi connectivity index (χ3n) is 3.39. The van der Waals surface area contributed by atoms with Crippen LogP contribution in [0.15, 0.2) is 24.3 Å². The average Bonchev–Trinajstić information content (AvgIpc) is 2.55. The van der Waals surface area contributed by atoms with E-state index in [4.69, 9.17) is 11.6 Å². The Morgan fingerprint density at radius 1 is 1.33 bits per heavy atom. The summed E-state index contributed by atoms with van der Waals surface area (Å²) in [6.45, 7) is 1.03. The van der Waals surface area contributed by atoms with Crippen molar-refractivity contribution in [2.75, 3.05) is 11.9 Å². The van der Waals surface area contributed by atoms with E-state index in [1.807, 2.05) is 29.9 Å². The maximum atomic E-state index is 6.07. The summed E-state index contributed by atoms with van der Waals surface area (Å²) in [6, 6.07) is 7.92. The molecule has 2 heterocycles. The van der Waals surface area contributed by atoms with Gasteiger partial charge in [0.25, 0.3) is 0 Å². The van der Waals surface area contributed by atoms with Gasteiger partial charge in [0.2, 0.25) is 0 Å². The summed E-state index contributed by atoms with van der Waals surface area (Å²) in [7, 11) is 1.99. The first-order chi connectivity index (χ1) is 8.75. The monoisotopic (exact) mass is 261 g/mol. The first kappa shape index (κ1) is 11.6. The summed E-state index contributed by atoms with van der Waals surface area (Å²) in [6.07, 6.45) is 3.50. The molecule has 0 fully saturated rings. The number of hydrogen-bond donors (Lipinski definition) is 1. The molecule has 18 heavy (non-hydrogen) atoms. The molecule has 0 bridgehead atoms. The average molecular weight is 262 g/mol. The largest absolute Gasteiger partial charge is 0.370 e. The second-order valence-corrected chi connectivity index (χ2v) is 5.13. The molecule has 3 rings (SSSR count). The summed E-state index contributed by atoms with van der Waals surface area (Å²) in [4.78, 5) is 0. The topological polar surface area (TPSA) is 29.9 Å². The standard InChI is InChI=1S/C14H16ClN3/c1-18-14-12(7-2-3-8-16-14)13(17-18)10-5-4-6-11(15)9-10/h4-6,9,16H,2-3,7-8H2,1H3. The Balaban J connectivity index is 2.12. The molecule has 1 aromatic heterocycles. The number of anilines is 1. The molecule has 0 saturated carbocycles. The van der Waals surface area contributed by atoms with Crippen LogP contribution in [-0.4, -0.2) is 16.3 Å². The van der Waals surface area contributed by atoms with E-state index in [1.165, 1.54) is 18.4 Å². The summed E-state index contributed by atoms with van der Waals surface area (Å²) in [5, 5.41) is 8.86. The van der Waals surface area contributed by atoms with Crippen molar-refractivity contribution in [2.45, 2.75) is 19.3 Å². The molecule has 1 aliphatic heterocycles. The summed E-state index contributed by atoms with van der Waals surface area (Å²) in [5.41, 5.74) is 3.48. The van der Waals surface area contributed by atoms with Gasteiger partial charge in [0.15, 0.2) is 0 Å². The number of rotatable bonds is 1. The molecule has 0 amide bonds. The predicted octanol–water partition coefficient (Wildman–Crippen LogP) is 3.49.